The molecule has 0 N–H and O–H groups in total. The van der Waals surface area contributed by atoms with Crippen LogP contribution in [0, 0.1) is 0 Å². The van der Waals surface area contributed by atoms with Crippen LogP contribution in [-0.4, -0.2) is 57.7 Å². The highest BCUT2D eigenvalue weighted by Crippen LogP contribution is 2.29. The third-order valence-corrected chi connectivity index (χ3v) is 4.98. The predicted octanol–water partition coefficient (Wildman–Crippen LogP) is 1.75. The number of aryl methyl sites for hydroxylation is 1. The smallest absolute Gasteiger partial charge is 0.222 e. The molecule has 5 heteroatoms. The maximum Gasteiger partial charge on any atom is 0.222 e. The summed E-state index contributed by atoms with van der Waals surface area (Å²) in [6.07, 6.45) is 10.1. The number of likely N-dealkylation sites (tertiary alicyclic amines) is 2. The summed E-state index contributed by atoms with van der Waals surface area (Å²) >= 11 is 0. The fraction of sp³-hybridized carbons (Fsp3) is 0.750. The molecule has 0 aliphatic carbocycles. The SMILES string of the molecule is CN1CCCC1C1CCCN1C(=O)CCCn1cccn1. The first kappa shape index (κ1) is 14.6. The van der Waals surface area contributed by atoms with Gasteiger partial charge < -0.3 is 9.80 Å². The van der Waals surface area contributed by atoms with E-state index in [-0.39, 0.29) is 0 Å². The molecule has 3 rings (SSSR count). The van der Waals surface area contributed by atoms with Gasteiger partial charge in [-0.2, -0.15) is 5.10 Å². The van der Waals surface area contributed by atoms with Gasteiger partial charge in [0, 0.05) is 44.0 Å². The van der Waals surface area contributed by atoms with Gasteiger partial charge in [0.05, 0.1) is 0 Å². The molecule has 2 atom stereocenters. The van der Waals surface area contributed by atoms with Crippen molar-refractivity contribution >= 4 is 5.91 Å². The second kappa shape index (κ2) is 6.60. The fourth-order valence-corrected chi connectivity index (χ4v) is 3.89. The van der Waals surface area contributed by atoms with Crippen molar-refractivity contribution in [3.05, 3.63) is 18.5 Å². The van der Waals surface area contributed by atoms with Crippen LogP contribution in [0.3, 0.4) is 0 Å². The van der Waals surface area contributed by atoms with Crippen LogP contribution in [0.2, 0.25) is 0 Å². The first-order chi connectivity index (χ1) is 10.3. The molecular weight excluding hydrogens is 264 g/mol. The van der Waals surface area contributed by atoms with Gasteiger partial charge in [-0.05, 0) is 51.8 Å². The summed E-state index contributed by atoms with van der Waals surface area (Å²) in [6.45, 7) is 2.97. The van der Waals surface area contributed by atoms with Crippen molar-refractivity contribution in [2.75, 3.05) is 20.1 Å². The Kier molecular flexibility index (Phi) is 4.58. The molecule has 0 bridgehead atoms. The van der Waals surface area contributed by atoms with Crippen molar-refractivity contribution in [1.82, 2.24) is 19.6 Å². The first-order valence-corrected chi connectivity index (χ1v) is 8.23. The molecule has 5 nitrogen and oxygen atoms in total. The third-order valence-electron chi connectivity index (χ3n) is 4.98. The van der Waals surface area contributed by atoms with E-state index in [4.69, 9.17) is 0 Å². The summed E-state index contributed by atoms with van der Waals surface area (Å²) in [4.78, 5) is 17.1. The summed E-state index contributed by atoms with van der Waals surface area (Å²) in [7, 11) is 2.20. The van der Waals surface area contributed by atoms with E-state index in [0.717, 1.165) is 19.5 Å². The van der Waals surface area contributed by atoms with Crippen LogP contribution in [0.25, 0.3) is 0 Å². The lowest BCUT2D eigenvalue weighted by Crippen LogP contribution is -2.47. The van der Waals surface area contributed by atoms with Crippen LogP contribution in [0.4, 0.5) is 0 Å². The van der Waals surface area contributed by atoms with Gasteiger partial charge in [-0.15, -0.1) is 0 Å². The molecule has 2 saturated heterocycles. The van der Waals surface area contributed by atoms with E-state index in [1.807, 2.05) is 16.9 Å². The number of hydrogen-bond acceptors (Lipinski definition) is 3. The highest BCUT2D eigenvalue weighted by molar-refractivity contribution is 5.76. The fourth-order valence-electron chi connectivity index (χ4n) is 3.89. The molecule has 0 saturated carbocycles. The molecule has 2 fully saturated rings. The van der Waals surface area contributed by atoms with Gasteiger partial charge in [0.2, 0.25) is 5.91 Å². The van der Waals surface area contributed by atoms with Crippen LogP contribution >= 0.6 is 0 Å². The molecule has 0 aromatic carbocycles. The van der Waals surface area contributed by atoms with E-state index in [1.165, 1.54) is 32.2 Å². The minimum atomic E-state index is 0.338. The summed E-state index contributed by atoms with van der Waals surface area (Å²) in [5, 5.41) is 4.18. The van der Waals surface area contributed by atoms with Gasteiger partial charge in [0.25, 0.3) is 0 Å². The normalized spacial score (nSPS) is 26.6. The Morgan fingerprint density at radius 3 is 2.76 bits per heavy atom. The summed E-state index contributed by atoms with van der Waals surface area (Å²) < 4.78 is 1.90. The molecule has 1 amide bonds. The number of nitrogens with zero attached hydrogens (tertiary/aromatic N) is 4. The van der Waals surface area contributed by atoms with Crippen molar-refractivity contribution in [2.45, 2.75) is 57.2 Å². The zero-order chi connectivity index (χ0) is 14.7. The van der Waals surface area contributed by atoms with Crippen molar-refractivity contribution in [3.8, 4) is 0 Å². The molecule has 21 heavy (non-hydrogen) atoms. The van der Waals surface area contributed by atoms with E-state index < -0.39 is 0 Å². The summed E-state index contributed by atoms with van der Waals surface area (Å²) in [6, 6.07) is 2.96. The predicted molar refractivity (Wildman–Crippen MR) is 81.8 cm³/mol. The van der Waals surface area contributed by atoms with Gasteiger partial charge in [0.15, 0.2) is 0 Å². The number of likely N-dealkylation sites (N-methyl/N-ethyl adjacent to an activating group) is 1. The Morgan fingerprint density at radius 1 is 1.24 bits per heavy atom. The monoisotopic (exact) mass is 290 g/mol. The highest BCUT2D eigenvalue weighted by atomic mass is 16.2. The molecule has 2 aliphatic rings. The average molecular weight is 290 g/mol. The molecule has 0 spiro atoms. The van der Waals surface area contributed by atoms with Gasteiger partial charge in [0.1, 0.15) is 0 Å². The average Bonchev–Trinajstić information content (AvgIpc) is 3.18. The Morgan fingerprint density at radius 2 is 2.05 bits per heavy atom. The van der Waals surface area contributed by atoms with Gasteiger partial charge >= 0.3 is 0 Å². The van der Waals surface area contributed by atoms with E-state index in [2.05, 4.69) is 21.9 Å². The third kappa shape index (κ3) is 3.28. The lowest BCUT2D eigenvalue weighted by atomic mass is 10.0. The zero-order valence-corrected chi connectivity index (χ0v) is 12.9. The molecule has 1 aromatic heterocycles. The lowest BCUT2D eigenvalue weighted by molar-refractivity contribution is -0.133. The molecule has 116 valence electrons. The molecule has 3 heterocycles. The molecule has 0 radical (unpaired) electrons. The Bertz CT molecular complexity index is 459. The Hall–Kier alpha value is -1.36. The largest absolute Gasteiger partial charge is 0.338 e. The number of aromatic nitrogens is 2. The molecule has 2 unspecified atom stereocenters. The second-order valence-corrected chi connectivity index (χ2v) is 6.36. The van der Waals surface area contributed by atoms with Crippen molar-refractivity contribution in [2.24, 2.45) is 0 Å². The van der Waals surface area contributed by atoms with Crippen molar-refractivity contribution < 1.29 is 4.79 Å². The number of hydrogen-bond donors (Lipinski definition) is 0. The summed E-state index contributed by atoms with van der Waals surface area (Å²) in [5.41, 5.74) is 0. The topological polar surface area (TPSA) is 41.4 Å². The Balaban J connectivity index is 1.51. The van der Waals surface area contributed by atoms with E-state index >= 15 is 0 Å². The maximum atomic E-state index is 12.5. The second-order valence-electron chi connectivity index (χ2n) is 6.36. The molecule has 1 aromatic rings. The van der Waals surface area contributed by atoms with Crippen molar-refractivity contribution in [1.29, 1.82) is 0 Å². The molecular formula is C16H26N4O. The van der Waals surface area contributed by atoms with Crippen LogP contribution in [-0.2, 0) is 11.3 Å². The number of carbonyl (C=O) groups is 1. The zero-order valence-electron chi connectivity index (χ0n) is 12.9. The summed E-state index contributed by atoms with van der Waals surface area (Å²) in [5.74, 6) is 0.338. The molecule has 2 aliphatic heterocycles. The van der Waals surface area contributed by atoms with Gasteiger partial charge in [-0.25, -0.2) is 0 Å². The van der Waals surface area contributed by atoms with Gasteiger partial charge in [-0.3, -0.25) is 9.48 Å². The lowest BCUT2D eigenvalue weighted by Gasteiger charge is -2.33. The standard InChI is InChI=1S/C16H26N4O/c1-18-10-2-6-14(18)15-7-3-13-20(15)16(21)8-4-11-19-12-5-9-17-19/h5,9,12,14-15H,2-4,6-8,10-11,13H2,1H3. The van der Waals surface area contributed by atoms with Crippen LogP contribution < -0.4 is 0 Å². The number of rotatable bonds is 5. The highest BCUT2D eigenvalue weighted by Gasteiger charge is 2.37. The maximum absolute atomic E-state index is 12.5. The van der Waals surface area contributed by atoms with Gasteiger partial charge in [-0.1, -0.05) is 0 Å². The van der Waals surface area contributed by atoms with E-state index in [1.54, 1.807) is 6.20 Å². The van der Waals surface area contributed by atoms with Crippen molar-refractivity contribution in [3.63, 3.8) is 0 Å². The minimum Gasteiger partial charge on any atom is -0.338 e. The van der Waals surface area contributed by atoms with E-state index in [0.29, 0.717) is 24.4 Å². The number of carbonyl (C=O) groups excluding carboxylic acids is 1. The number of amides is 1. The Labute approximate surface area is 126 Å². The quantitative estimate of drug-likeness (QED) is 0.829. The first-order valence-electron chi connectivity index (χ1n) is 8.23. The van der Waals surface area contributed by atoms with Crippen LogP contribution in [0.1, 0.15) is 38.5 Å². The minimum absolute atomic E-state index is 0.338. The van der Waals surface area contributed by atoms with Crippen LogP contribution in [0.5, 0.6) is 0 Å². The van der Waals surface area contributed by atoms with E-state index in [9.17, 15) is 4.79 Å². The van der Waals surface area contributed by atoms with Crippen LogP contribution in [0.15, 0.2) is 18.5 Å².